The molecule has 0 unspecified atom stereocenters. The lowest BCUT2D eigenvalue weighted by Crippen LogP contribution is -2.31. The lowest BCUT2D eigenvalue weighted by molar-refractivity contribution is 0.535. The predicted octanol–water partition coefficient (Wildman–Crippen LogP) is 2.53. The Bertz CT molecular complexity index is 736. The first-order valence-electron chi connectivity index (χ1n) is 6.46. The maximum Gasteiger partial charge on any atom is 0.241 e. The minimum absolute atomic E-state index is 0.0442. The molecule has 0 amide bonds. The quantitative estimate of drug-likeness (QED) is 0.863. The number of sulfonamides is 1. The van der Waals surface area contributed by atoms with Crippen LogP contribution in [0, 0.1) is 5.41 Å². The van der Waals surface area contributed by atoms with E-state index in [1.54, 1.807) is 36.5 Å². The van der Waals surface area contributed by atoms with Crippen LogP contribution < -0.4 is 4.72 Å². The number of alkyl halides is 1. The largest absolute Gasteiger partial charge is 0.256 e. The van der Waals surface area contributed by atoms with Crippen molar-refractivity contribution in [2.75, 3.05) is 12.4 Å². The number of hydrogen-bond acceptors (Lipinski definition) is 3. The van der Waals surface area contributed by atoms with Gasteiger partial charge in [-0.1, -0.05) is 6.07 Å². The number of nitrogens with zero attached hydrogens (tertiary/aromatic N) is 1. The third kappa shape index (κ3) is 2.53. The smallest absolute Gasteiger partial charge is 0.241 e. The first-order chi connectivity index (χ1) is 9.56. The summed E-state index contributed by atoms with van der Waals surface area (Å²) in [6, 6.07) is 8.62. The second-order valence-corrected chi connectivity index (χ2v) is 7.29. The van der Waals surface area contributed by atoms with Crippen molar-refractivity contribution in [2.45, 2.75) is 17.7 Å². The normalized spacial score (nSPS) is 17.2. The van der Waals surface area contributed by atoms with E-state index in [1.165, 1.54) is 0 Å². The molecule has 4 nitrogen and oxygen atoms in total. The summed E-state index contributed by atoms with van der Waals surface area (Å²) in [7, 11) is -3.54. The Hall–Kier alpha value is -1.17. The zero-order valence-electron chi connectivity index (χ0n) is 10.8. The predicted molar refractivity (Wildman–Crippen MR) is 79.3 cm³/mol. The Morgan fingerprint density at radius 2 is 2.05 bits per heavy atom. The third-order valence-electron chi connectivity index (χ3n) is 3.77. The summed E-state index contributed by atoms with van der Waals surface area (Å²) in [6.45, 7) is 0.398. The second kappa shape index (κ2) is 4.98. The van der Waals surface area contributed by atoms with Gasteiger partial charge in [0.1, 0.15) is 0 Å². The molecule has 1 aromatic carbocycles. The van der Waals surface area contributed by atoms with Crippen molar-refractivity contribution in [1.29, 1.82) is 0 Å². The molecular formula is C14H15ClN2O2S. The number of aromatic nitrogens is 1. The molecule has 1 fully saturated rings. The third-order valence-corrected chi connectivity index (χ3v) is 5.80. The van der Waals surface area contributed by atoms with Gasteiger partial charge in [-0.05, 0) is 42.5 Å². The van der Waals surface area contributed by atoms with Gasteiger partial charge in [0.05, 0.1) is 10.4 Å². The fourth-order valence-corrected chi connectivity index (χ4v) is 3.90. The molecule has 6 heteroatoms. The topological polar surface area (TPSA) is 59.1 Å². The summed E-state index contributed by atoms with van der Waals surface area (Å²) in [4.78, 5) is 4.45. The van der Waals surface area contributed by atoms with E-state index in [1.807, 2.05) is 0 Å². The van der Waals surface area contributed by atoms with Crippen molar-refractivity contribution in [2.24, 2.45) is 5.41 Å². The van der Waals surface area contributed by atoms with Crippen LogP contribution in [0.4, 0.5) is 0 Å². The number of pyridine rings is 1. The Kier molecular flexibility index (Phi) is 3.44. The van der Waals surface area contributed by atoms with Crippen molar-refractivity contribution >= 4 is 32.5 Å². The van der Waals surface area contributed by atoms with E-state index in [-0.39, 0.29) is 10.3 Å². The van der Waals surface area contributed by atoms with Gasteiger partial charge < -0.3 is 0 Å². The summed E-state index contributed by atoms with van der Waals surface area (Å²) in [5.74, 6) is 0.493. The maximum absolute atomic E-state index is 12.5. The highest BCUT2D eigenvalue weighted by atomic mass is 35.5. The Balaban J connectivity index is 1.93. The lowest BCUT2D eigenvalue weighted by atomic mass is 10.1. The van der Waals surface area contributed by atoms with E-state index in [4.69, 9.17) is 11.6 Å². The van der Waals surface area contributed by atoms with Crippen LogP contribution in [0.3, 0.4) is 0 Å². The van der Waals surface area contributed by atoms with E-state index in [0.717, 1.165) is 12.8 Å². The zero-order valence-corrected chi connectivity index (χ0v) is 12.4. The number of hydrogen-bond donors (Lipinski definition) is 1. The summed E-state index contributed by atoms with van der Waals surface area (Å²) in [5, 5.41) is 0.637. The van der Waals surface area contributed by atoms with Gasteiger partial charge in [-0.2, -0.15) is 0 Å². The number of fused-ring (bicyclic) bond motifs is 1. The van der Waals surface area contributed by atoms with E-state index in [9.17, 15) is 8.42 Å². The molecule has 0 bridgehead atoms. The molecule has 20 heavy (non-hydrogen) atoms. The summed E-state index contributed by atoms with van der Waals surface area (Å²) < 4.78 is 27.6. The van der Waals surface area contributed by atoms with Crippen LogP contribution in [0.5, 0.6) is 0 Å². The lowest BCUT2D eigenvalue weighted by Gasteiger charge is -2.13. The fourth-order valence-electron chi connectivity index (χ4n) is 2.17. The molecule has 0 radical (unpaired) electrons. The highest BCUT2D eigenvalue weighted by molar-refractivity contribution is 7.89. The van der Waals surface area contributed by atoms with Gasteiger partial charge in [-0.25, -0.2) is 13.1 Å². The fraction of sp³-hybridized carbons (Fsp3) is 0.357. The molecule has 1 heterocycles. The van der Waals surface area contributed by atoms with Gasteiger partial charge in [-0.3, -0.25) is 4.98 Å². The summed E-state index contributed by atoms with van der Waals surface area (Å²) in [5.41, 5.74) is 0.631. The van der Waals surface area contributed by atoms with Crippen LogP contribution in [0.2, 0.25) is 0 Å². The Morgan fingerprint density at radius 3 is 2.75 bits per heavy atom. The van der Waals surface area contributed by atoms with E-state index >= 15 is 0 Å². The molecule has 0 aliphatic heterocycles. The van der Waals surface area contributed by atoms with Crippen LogP contribution in [0.1, 0.15) is 12.8 Å². The minimum atomic E-state index is -3.54. The number of benzene rings is 1. The highest BCUT2D eigenvalue weighted by Crippen LogP contribution is 2.46. The first-order valence-corrected chi connectivity index (χ1v) is 8.48. The van der Waals surface area contributed by atoms with E-state index < -0.39 is 10.0 Å². The molecule has 0 saturated heterocycles. The van der Waals surface area contributed by atoms with Crippen molar-refractivity contribution in [3.8, 4) is 0 Å². The molecule has 2 aromatic rings. The van der Waals surface area contributed by atoms with Crippen molar-refractivity contribution in [3.63, 3.8) is 0 Å². The molecule has 3 rings (SSSR count). The molecule has 1 aliphatic rings. The van der Waals surface area contributed by atoms with Crippen LogP contribution in [-0.4, -0.2) is 25.8 Å². The Labute approximate surface area is 123 Å². The maximum atomic E-state index is 12.5. The molecule has 1 N–H and O–H groups in total. The molecule has 0 atom stereocenters. The van der Waals surface area contributed by atoms with E-state index in [0.29, 0.717) is 23.3 Å². The molecule has 0 spiro atoms. The average Bonchev–Trinajstić information content (AvgIpc) is 3.25. The zero-order chi connectivity index (χ0) is 14.2. The highest BCUT2D eigenvalue weighted by Gasteiger charge is 2.42. The Morgan fingerprint density at radius 1 is 1.25 bits per heavy atom. The van der Waals surface area contributed by atoms with Crippen LogP contribution in [-0.2, 0) is 10.0 Å². The molecular weight excluding hydrogens is 296 g/mol. The summed E-state index contributed by atoms with van der Waals surface area (Å²) >= 11 is 5.88. The van der Waals surface area contributed by atoms with Crippen molar-refractivity contribution in [1.82, 2.24) is 9.71 Å². The van der Waals surface area contributed by atoms with Gasteiger partial charge in [0, 0.05) is 24.0 Å². The minimum Gasteiger partial charge on any atom is -0.256 e. The number of rotatable bonds is 5. The van der Waals surface area contributed by atoms with Gasteiger partial charge >= 0.3 is 0 Å². The molecule has 1 aromatic heterocycles. The van der Waals surface area contributed by atoms with Crippen LogP contribution >= 0.6 is 11.6 Å². The SMILES string of the molecule is O=S(=O)(NCC1(CCl)CC1)c1cccc2ncccc12. The summed E-state index contributed by atoms with van der Waals surface area (Å²) in [6.07, 6.45) is 3.62. The van der Waals surface area contributed by atoms with Crippen LogP contribution in [0.15, 0.2) is 41.4 Å². The van der Waals surface area contributed by atoms with Gasteiger partial charge in [0.2, 0.25) is 10.0 Å². The first kappa shape index (κ1) is 13.8. The van der Waals surface area contributed by atoms with Crippen molar-refractivity contribution < 1.29 is 8.42 Å². The molecule has 106 valence electrons. The van der Waals surface area contributed by atoms with Gasteiger partial charge in [0.15, 0.2) is 0 Å². The van der Waals surface area contributed by atoms with Crippen molar-refractivity contribution in [3.05, 3.63) is 36.5 Å². The molecule has 1 saturated carbocycles. The standard InChI is InChI=1S/C14H15ClN2O2S/c15-9-14(6-7-14)10-17-20(18,19)13-5-1-4-12-11(13)3-2-8-16-12/h1-5,8,17H,6-7,9-10H2. The van der Waals surface area contributed by atoms with Gasteiger partial charge in [-0.15, -0.1) is 11.6 Å². The van der Waals surface area contributed by atoms with Gasteiger partial charge in [0.25, 0.3) is 0 Å². The van der Waals surface area contributed by atoms with Crippen LogP contribution in [0.25, 0.3) is 10.9 Å². The monoisotopic (exact) mass is 310 g/mol. The molecule has 1 aliphatic carbocycles. The second-order valence-electron chi connectivity index (χ2n) is 5.28. The average molecular weight is 311 g/mol. The number of halogens is 1. The number of nitrogens with one attached hydrogen (secondary N) is 1. The van der Waals surface area contributed by atoms with E-state index in [2.05, 4.69) is 9.71 Å².